The van der Waals surface area contributed by atoms with Crippen LogP contribution in [0.15, 0.2) is 28.7 Å². The molecule has 1 aliphatic heterocycles. The van der Waals surface area contributed by atoms with Gasteiger partial charge in [-0.25, -0.2) is 13.1 Å². The van der Waals surface area contributed by atoms with Gasteiger partial charge in [-0.2, -0.15) is 0 Å². The fraction of sp³-hybridized carbons (Fsp3) is 0.438. The Balaban J connectivity index is 1.75. The maximum Gasteiger partial charge on any atom is 0.270 e. The standard InChI is InChI=1S/C16H20BrN3O3S/c1-2-24(22,23)19-13-4-3-7-20(10-13)16(21)15-8-11-5-6-12(17)9-14(11)18-15/h5-6,8-9,13,18-19H,2-4,7,10H2,1H3. The average Bonchev–Trinajstić information content (AvgIpc) is 2.97. The molecule has 3 rings (SSSR count). The van der Waals surface area contributed by atoms with Gasteiger partial charge in [0.25, 0.3) is 5.91 Å². The Morgan fingerprint density at radius 2 is 2.21 bits per heavy atom. The van der Waals surface area contributed by atoms with Gasteiger partial charge in [0.2, 0.25) is 10.0 Å². The third kappa shape index (κ3) is 3.81. The van der Waals surface area contributed by atoms with Crippen LogP contribution in [0, 0.1) is 0 Å². The van der Waals surface area contributed by atoms with E-state index in [2.05, 4.69) is 25.6 Å². The second kappa shape index (κ2) is 6.85. The summed E-state index contributed by atoms with van der Waals surface area (Å²) in [4.78, 5) is 17.6. The predicted molar refractivity (Wildman–Crippen MR) is 97.5 cm³/mol. The summed E-state index contributed by atoms with van der Waals surface area (Å²) in [7, 11) is -3.26. The molecule has 1 aliphatic rings. The Bertz CT molecular complexity index is 863. The number of nitrogens with one attached hydrogen (secondary N) is 2. The van der Waals surface area contributed by atoms with Gasteiger partial charge in [0.15, 0.2) is 0 Å². The van der Waals surface area contributed by atoms with Crippen molar-refractivity contribution in [3.8, 4) is 0 Å². The summed E-state index contributed by atoms with van der Waals surface area (Å²) in [5.41, 5.74) is 1.43. The number of fused-ring (bicyclic) bond motifs is 1. The predicted octanol–water partition coefficient (Wildman–Crippen LogP) is 2.47. The summed E-state index contributed by atoms with van der Waals surface area (Å²) in [6, 6.07) is 7.43. The Labute approximate surface area is 149 Å². The largest absolute Gasteiger partial charge is 0.350 e. The molecular weight excluding hydrogens is 394 g/mol. The normalized spacial score (nSPS) is 18.9. The van der Waals surface area contributed by atoms with Crippen LogP contribution in [0.4, 0.5) is 0 Å². The molecule has 1 unspecified atom stereocenters. The minimum atomic E-state index is -3.26. The van der Waals surface area contributed by atoms with Crippen molar-refractivity contribution >= 4 is 42.8 Å². The molecule has 130 valence electrons. The summed E-state index contributed by atoms with van der Waals surface area (Å²) in [6.07, 6.45) is 1.54. The molecule has 8 heteroatoms. The molecule has 0 radical (unpaired) electrons. The van der Waals surface area contributed by atoms with Crippen molar-refractivity contribution in [2.45, 2.75) is 25.8 Å². The lowest BCUT2D eigenvalue weighted by atomic mass is 10.1. The fourth-order valence-electron chi connectivity index (χ4n) is 2.98. The van der Waals surface area contributed by atoms with Crippen LogP contribution in [0.1, 0.15) is 30.3 Å². The molecule has 6 nitrogen and oxygen atoms in total. The van der Waals surface area contributed by atoms with Gasteiger partial charge in [0.05, 0.1) is 5.75 Å². The topological polar surface area (TPSA) is 82.3 Å². The average molecular weight is 414 g/mol. The molecule has 1 aromatic heterocycles. The van der Waals surface area contributed by atoms with E-state index >= 15 is 0 Å². The highest BCUT2D eigenvalue weighted by Crippen LogP contribution is 2.22. The zero-order valence-electron chi connectivity index (χ0n) is 13.4. The summed E-state index contributed by atoms with van der Waals surface area (Å²) in [6.45, 7) is 2.65. The lowest BCUT2D eigenvalue weighted by Crippen LogP contribution is -2.49. The van der Waals surface area contributed by atoms with Crippen LogP contribution in [0.3, 0.4) is 0 Å². The van der Waals surface area contributed by atoms with Crippen molar-refractivity contribution < 1.29 is 13.2 Å². The maximum absolute atomic E-state index is 12.7. The van der Waals surface area contributed by atoms with Gasteiger partial charge in [0, 0.05) is 34.5 Å². The van der Waals surface area contributed by atoms with Gasteiger partial charge in [-0.1, -0.05) is 22.0 Å². The summed E-state index contributed by atoms with van der Waals surface area (Å²) < 4.78 is 27.1. The van der Waals surface area contributed by atoms with Crippen molar-refractivity contribution in [1.82, 2.24) is 14.6 Å². The van der Waals surface area contributed by atoms with E-state index in [4.69, 9.17) is 0 Å². The first-order chi connectivity index (χ1) is 11.4. The maximum atomic E-state index is 12.7. The molecule has 0 saturated carbocycles. The number of likely N-dealkylation sites (tertiary alicyclic amines) is 1. The Hall–Kier alpha value is -1.38. The lowest BCUT2D eigenvalue weighted by molar-refractivity contribution is 0.0698. The molecule has 1 atom stereocenters. The van der Waals surface area contributed by atoms with Crippen LogP contribution in [0.25, 0.3) is 10.9 Å². The quantitative estimate of drug-likeness (QED) is 0.807. The smallest absolute Gasteiger partial charge is 0.270 e. The van der Waals surface area contributed by atoms with Crippen LogP contribution in [-0.4, -0.2) is 49.1 Å². The van der Waals surface area contributed by atoms with E-state index < -0.39 is 10.0 Å². The summed E-state index contributed by atoms with van der Waals surface area (Å²) >= 11 is 3.42. The Kier molecular flexibility index (Phi) is 4.98. The Morgan fingerprint density at radius 3 is 2.96 bits per heavy atom. The second-order valence-electron chi connectivity index (χ2n) is 6.03. The van der Waals surface area contributed by atoms with Gasteiger partial charge >= 0.3 is 0 Å². The van der Waals surface area contributed by atoms with Crippen LogP contribution in [-0.2, 0) is 10.0 Å². The van der Waals surface area contributed by atoms with Crippen LogP contribution >= 0.6 is 15.9 Å². The van der Waals surface area contributed by atoms with Crippen molar-refractivity contribution in [3.63, 3.8) is 0 Å². The first-order valence-electron chi connectivity index (χ1n) is 7.95. The Morgan fingerprint density at radius 1 is 1.42 bits per heavy atom. The van der Waals surface area contributed by atoms with Gasteiger partial charge in [-0.15, -0.1) is 0 Å². The first-order valence-corrected chi connectivity index (χ1v) is 10.4. The molecule has 0 bridgehead atoms. The molecule has 1 fully saturated rings. The molecule has 2 aromatic rings. The number of hydrogen-bond acceptors (Lipinski definition) is 3. The number of hydrogen-bond donors (Lipinski definition) is 2. The van der Waals surface area contributed by atoms with E-state index in [0.29, 0.717) is 18.8 Å². The van der Waals surface area contributed by atoms with E-state index in [0.717, 1.165) is 28.2 Å². The van der Waals surface area contributed by atoms with Crippen molar-refractivity contribution in [2.75, 3.05) is 18.8 Å². The number of rotatable bonds is 4. The van der Waals surface area contributed by atoms with Crippen LogP contribution < -0.4 is 4.72 Å². The van der Waals surface area contributed by atoms with Crippen LogP contribution in [0.2, 0.25) is 0 Å². The third-order valence-corrected chi connectivity index (χ3v) is 6.20. The number of halogens is 1. The molecule has 24 heavy (non-hydrogen) atoms. The molecule has 0 spiro atoms. The number of aromatic nitrogens is 1. The molecule has 2 N–H and O–H groups in total. The van der Waals surface area contributed by atoms with E-state index in [1.165, 1.54) is 0 Å². The number of nitrogens with zero attached hydrogens (tertiary/aromatic N) is 1. The van der Waals surface area contributed by atoms with E-state index in [1.807, 2.05) is 24.3 Å². The molecule has 1 saturated heterocycles. The zero-order valence-corrected chi connectivity index (χ0v) is 15.8. The van der Waals surface area contributed by atoms with Crippen molar-refractivity contribution in [1.29, 1.82) is 0 Å². The van der Waals surface area contributed by atoms with E-state index in [1.54, 1.807) is 11.8 Å². The third-order valence-electron chi connectivity index (χ3n) is 4.25. The highest BCUT2D eigenvalue weighted by molar-refractivity contribution is 9.10. The zero-order chi connectivity index (χ0) is 17.3. The SMILES string of the molecule is CCS(=O)(=O)NC1CCCN(C(=O)c2cc3ccc(Br)cc3[nH]2)C1. The molecule has 1 aromatic carbocycles. The number of aromatic amines is 1. The second-order valence-corrected chi connectivity index (χ2v) is 8.98. The minimum Gasteiger partial charge on any atom is -0.350 e. The summed E-state index contributed by atoms with van der Waals surface area (Å²) in [5.74, 6) is -0.0448. The molecule has 0 aliphatic carbocycles. The highest BCUT2D eigenvalue weighted by atomic mass is 79.9. The number of H-pyrrole nitrogens is 1. The number of carbonyl (C=O) groups is 1. The minimum absolute atomic E-state index is 0.0499. The van der Waals surface area contributed by atoms with Crippen molar-refractivity contribution in [2.24, 2.45) is 0 Å². The fourth-order valence-corrected chi connectivity index (χ4v) is 4.21. The molecular formula is C16H20BrN3O3S. The van der Waals surface area contributed by atoms with Crippen molar-refractivity contribution in [3.05, 3.63) is 34.4 Å². The number of benzene rings is 1. The molecule has 1 amide bonds. The number of carbonyl (C=O) groups excluding carboxylic acids is 1. The van der Waals surface area contributed by atoms with Crippen LogP contribution in [0.5, 0.6) is 0 Å². The summed E-state index contributed by atoms with van der Waals surface area (Å²) in [5, 5.41) is 0.974. The van der Waals surface area contributed by atoms with E-state index in [-0.39, 0.29) is 17.7 Å². The molecule has 2 heterocycles. The van der Waals surface area contributed by atoms with Gasteiger partial charge in [-0.3, -0.25) is 4.79 Å². The van der Waals surface area contributed by atoms with E-state index in [9.17, 15) is 13.2 Å². The van der Waals surface area contributed by atoms with Gasteiger partial charge in [-0.05, 0) is 38.0 Å². The lowest BCUT2D eigenvalue weighted by Gasteiger charge is -2.32. The monoisotopic (exact) mass is 413 g/mol. The number of amides is 1. The number of sulfonamides is 1. The first kappa shape index (κ1) is 17.4. The number of piperidine rings is 1. The van der Waals surface area contributed by atoms with Gasteiger partial charge in [0.1, 0.15) is 5.69 Å². The highest BCUT2D eigenvalue weighted by Gasteiger charge is 2.27. The van der Waals surface area contributed by atoms with Gasteiger partial charge < -0.3 is 9.88 Å².